The third kappa shape index (κ3) is 11.0. The first-order valence-corrected chi connectivity index (χ1v) is 35.3. The molecule has 2 aliphatic carbocycles. The number of fused-ring (bicyclic) bond motifs is 2. The zero-order valence-electron chi connectivity index (χ0n) is 52.1. The van der Waals surface area contributed by atoms with Crippen LogP contribution in [0.1, 0.15) is 298 Å². The van der Waals surface area contributed by atoms with Crippen LogP contribution < -0.4 is 0 Å². The van der Waals surface area contributed by atoms with Crippen molar-refractivity contribution in [1.29, 1.82) is 0 Å². The Morgan fingerprint density at radius 2 is 0.568 bits per heavy atom. The van der Waals surface area contributed by atoms with Gasteiger partial charge >= 0.3 is 0 Å². The van der Waals surface area contributed by atoms with Crippen LogP contribution in [-0.4, -0.2) is 93.0 Å². The number of rotatable bonds is 30. The van der Waals surface area contributed by atoms with E-state index in [-0.39, 0.29) is 24.9 Å². The highest BCUT2D eigenvalue weighted by Crippen LogP contribution is 2.54. The van der Waals surface area contributed by atoms with Crippen molar-refractivity contribution in [2.75, 3.05) is 26.2 Å². The van der Waals surface area contributed by atoms with Crippen molar-refractivity contribution in [2.24, 2.45) is 0 Å². The van der Waals surface area contributed by atoms with Crippen molar-refractivity contribution in [1.82, 2.24) is 19.6 Å². The number of benzene rings is 4. The number of imide groups is 4. The molecule has 6 heterocycles. The summed E-state index contributed by atoms with van der Waals surface area (Å²) in [6, 6.07) is 14.8. The van der Waals surface area contributed by atoms with E-state index in [2.05, 4.69) is 39.8 Å². The SMILES string of the molecule is CCCCCCCCN1C(=O)c2ccc3c4c(c(-c5cc6c(s5)/C(=C5\CCc7cc(-c8cc9c%10c(ccc%11c%10c8C(=O)N(CCCCCCCC)C%11=O)C(=O)N(CCCCCCCC)C9=O)sc75)CC6)cc(c24)C1=O)C(=O)N(CCCCCCCC)C3=O. The van der Waals surface area contributed by atoms with Gasteiger partial charge in [-0.1, -0.05) is 156 Å². The van der Waals surface area contributed by atoms with Gasteiger partial charge in [-0.25, -0.2) is 0 Å². The Bertz CT molecular complexity index is 3630. The number of hydrogen-bond donors (Lipinski definition) is 0. The second-order valence-electron chi connectivity index (χ2n) is 25.5. The molecule has 0 spiro atoms. The van der Waals surface area contributed by atoms with Gasteiger partial charge in [0.2, 0.25) is 0 Å². The van der Waals surface area contributed by atoms with Gasteiger partial charge in [0.1, 0.15) is 0 Å². The highest BCUT2D eigenvalue weighted by Gasteiger charge is 2.44. The number of hydrogen-bond acceptors (Lipinski definition) is 10. The van der Waals surface area contributed by atoms with Crippen molar-refractivity contribution in [3.63, 3.8) is 0 Å². The van der Waals surface area contributed by atoms with Gasteiger partial charge in [-0.2, -0.15) is 0 Å². The maximum absolute atomic E-state index is 15.2. The molecule has 0 atom stereocenters. The highest BCUT2D eigenvalue weighted by molar-refractivity contribution is 7.18. The maximum Gasteiger partial charge on any atom is 0.262 e. The number of aryl methyl sites for hydroxylation is 2. The fraction of sp³-hybridized carbons (Fsp3) is 0.486. The van der Waals surface area contributed by atoms with Crippen LogP contribution in [-0.2, 0) is 12.8 Å². The van der Waals surface area contributed by atoms with Crippen LogP contribution in [0.4, 0.5) is 0 Å². The summed E-state index contributed by atoms with van der Waals surface area (Å²) < 4.78 is 0. The molecule has 12 rings (SSSR count). The number of unbranched alkanes of at least 4 members (excludes halogenated alkanes) is 20. The molecule has 4 aromatic carbocycles. The molecule has 0 fully saturated rings. The van der Waals surface area contributed by atoms with Crippen molar-refractivity contribution >= 4 is 103 Å². The van der Waals surface area contributed by atoms with Gasteiger partial charge in [-0.05, 0) is 122 Å². The summed E-state index contributed by atoms with van der Waals surface area (Å²) in [6.07, 6.45) is 27.1. The number of allylic oxidation sites excluding steroid dienone is 2. The molecule has 0 unspecified atom stereocenters. The van der Waals surface area contributed by atoms with E-state index in [0.717, 1.165) is 185 Å². The Morgan fingerprint density at radius 3 is 0.886 bits per heavy atom. The summed E-state index contributed by atoms with van der Waals surface area (Å²) >= 11 is 3.23. The smallest absolute Gasteiger partial charge is 0.262 e. The lowest BCUT2D eigenvalue weighted by Crippen LogP contribution is -2.44. The summed E-state index contributed by atoms with van der Waals surface area (Å²) in [7, 11) is 0. The molecular weight excluding hydrogens is 1140 g/mol. The standard InChI is InChI=1S/C74H84N4O8S2/c1-5-9-13-17-21-25-37-75-67(79)49-33-35-51-61-59(49)55(71(75)83)43-53(63(61)73(85)77(69(51)81)39-27-23-19-15-11-7-3)57-41-45-29-31-47(65(45)87-57)48-32-30-46-42-58(88-66(46)48)54-44-56-60-50(68(80)76(72(56)84)38-26-22-18-14-10-6-2)34-36-52-62(60)64(54)74(86)78(70(52)82)40-28-24-20-16-12-8-4/h33-36,41-44H,5-32,37-40H2,1-4H3/b48-47+. The van der Waals surface area contributed by atoms with E-state index in [0.29, 0.717) is 116 Å². The maximum atomic E-state index is 15.2. The Kier molecular flexibility index (Phi) is 18.6. The number of carbonyl (C=O) groups is 8. The Balaban J connectivity index is 0.927. The molecular formula is C74H84N4O8S2. The quantitative estimate of drug-likeness (QED) is 0.0320. The van der Waals surface area contributed by atoms with Gasteiger partial charge < -0.3 is 0 Å². The molecule has 6 aliphatic rings. The lowest BCUT2D eigenvalue weighted by atomic mass is 9.83. The van der Waals surface area contributed by atoms with Crippen LogP contribution in [0.3, 0.4) is 0 Å². The van der Waals surface area contributed by atoms with Crippen LogP contribution in [0.15, 0.2) is 48.5 Å². The van der Waals surface area contributed by atoms with E-state index in [9.17, 15) is 28.8 Å². The Morgan fingerprint density at radius 1 is 0.295 bits per heavy atom. The first-order chi connectivity index (χ1) is 42.9. The molecule has 0 saturated carbocycles. The van der Waals surface area contributed by atoms with E-state index >= 15 is 9.59 Å². The molecule has 0 saturated heterocycles. The summed E-state index contributed by atoms with van der Waals surface area (Å²) in [5, 5.41) is 1.59. The lowest BCUT2D eigenvalue weighted by molar-refractivity contribution is 0.0586. The third-order valence-electron chi connectivity index (χ3n) is 19.6. The predicted molar refractivity (Wildman–Crippen MR) is 353 cm³/mol. The molecule has 460 valence electrons. The molecule has 0 bridgehead atoms. The van der Waals surface area contributed by atoms with Gasteiger partial charge in [0, 0.05) is 112 Å². The van der Waals surface area contributed by atoms with E-state index in [1.807, 2.05) is 12.1 Å². The van der Waals surface area contributed by atoms with Gasteiger partial charge in [0.15, 0.2) is 0 Å². The van der Waals surface area contributed by atoms with Gasteiger partial charge in [0.05, 0.1) is 11.1 Å². The van der Waals surface area contributed by atoms with E-state index in [4.69, 9.17) is 0 Å². The number of carbonyl (C=O) groups excluding carboxylic acids is 8. The van der Waals surface area contributed by atoms with Crippen molar-refractivity contribution in [3.05, 3.63) is 114 Å². The van der Waals surface area contributed by atoms with Gasteiger partial charge in [-0.3, -0.25) is 58.0 Å². The zero-order valence-corrected chi connectivity index (χ0v) is 53.8. The molecule has 0 radical (unpaired) electrons. The molecule has 6 aromatic rings. The molecule has 12 nitrogen and oxygen atoms in total. The topological polar surface area (TPSA) is 150 Å². The minimum atomic E-state index is -0.395. The normalized spacial score (nSPS) is 16.8. The molecule has 8 amide bonds. The molecule has 88 heavy (non-hydrogen) atoms. The minimum Gasteiger partial charge on any atom is -0.274 e. The number of amides is 8. The Hall–Kier alpha value is -6.90. The number of thiophene rings is 2. The predicted octanol–water partition coefficient (Wildman–Crippen LogP) is 18.1. The molecule has 14 heteroatoms. The van der Waals surface area contributed by atoms with Gasteiger partial charge in [0.25, 0.3) is 47.3 Å². The zero-order chi connectivity index (χ0) is 61.3. The summed E-state index contributed by atoms with van der Waals surface area (Å²) in [4.78, 5) is 127. The van der Waals surface area contributed by atoms with Crippen molar-refractivity contribution in [2.45, 2.75) is 207 Å². The highest BCUT2D eigenvalue weighted by atomic mass is 32.1. The average Bonchev–Trinajstić information content (AvgIpc) is 0.935. The van der Waals surface area contributed by atoms with E-state index in [1.54, 1.807) is 46.9 Å². The second-order valence-corrected chi connectivity index (χ2v) is 27.6. The van der Waals surface area contributed by atoms with Crippen LogP contribution in [0.2, 0.25) is 0 Å². The second kappa shape index (κ2) is 26.7. The van der Waals surface area contributed by atoms with E-state index < -0.39 is 35.4 Å². The molecule has 0 N–H and O–H groups in total. The van der Waals surface area contributed by atoms with Crippen LogP contribution in [0, 0.1) is 0 Å². The molecule has 4 aliphatic heterocycles. The molecule has 2 aromatic heterocycles. The van der Waals surface area contributed by atoms with E-state index in [1.165, 1.54) is 30.7 Å². The van der Waals surface area contributed by atoms with Crippen LogP contribution >= 0.6 is 22.7 Å². The fourth-order valence-electron chi connectivity index (χ4n) is 14.9. The number of nitrogens with zero attached hydrogens (tertiary/aromatic N) is 4. The first kappa shape index (κ1) is 61.3. The monoisotopic (exact) mass is 1220 g/mol. The van der Waals surface area contributed by atoms with Crippen molar-refractivity contribution in [3.8, 4) is 20.9 Å². The van der Waals surface area contributed by atoms with Crippen LogP contribution in [0.25, 0.3) is 53.6 Å². The largest absolute Gasteiger partial charge is 0.274 e. The average molecular weight is 1220 g/mol. The fourth-order valence-corrected chi connectivity index (χ4v) is 17.5. The minimum absolute atomic E-state index is 0.279. The van der Waals surface area contributed by atoms with Gasteiger partial charge in [-0.15, -0.1) is 22.7 Å². The van der Waals surface area contributed by atoms with Crippen LogP contribution in [0.5, 0.6) is 0 Å². The summed E-state index contributed by atoms with van der Waals surface area (Å²) in [5.74, 6) is -3.14. The summed E-state index contributed by atoms with van der Waals surface area (Å²) in [5.41, 5.74) is 8.77. The lowest BCUT2D eigenvalue weighted by Gasteiger charge is -2.33. The summed E-state index contributed by atoms with van der Waals surface area (Å²) in [6.45, 7) is 9.85. The Labute approximate surface area is 526 Å². The first-order valence-electron chi connectivity index (χ1n) is 33.6. The third-order valence-corrected chi connectivity index (χ3v) is 22.2. The van der Waals surface area contributed by atoms with Crippen molar-refractivity contribution < 1.29 is 38.4 Å².